The number of rotatable bonds is 4. The van der Waals surface area contributed by atoms with Crippen molar-refractivity contribution in [1.29, 1.82) is 0 Å². The molecule has 0 saturated carbocycles. The minimum Gasteiger partial charge on any atom is -0.444 e. The van der Waals surface area contributed by atoms with E-state index < -0.39 is 22.0 Å². The van der Waals surface area contributed by atoms with E-state index in [4.69, 9.17) is 4.74 Å². The zero-order valence-corrected chi connectivity index (χ0v) is 15.0. The van der Waals surface area contributed by atoms with Crippen molar-refractivity contribution >= 4 is 27.7 Å². The Morgan fingerprint density at radius 3 is 2.58 bits per heavy atom. The van der Waals surface area contributed by atoms with Crippen molar-refractivity contribution < 1.29 is 22.7 Å². The summed E-state index contributed by atoms with van der Waals surface area (Å²) in [5.74, 6) is -0.676. The molecule has 0 aromatic heterocycles. The average Bonchev–Trinajstić information content (AvgIpc) is 3.03. The molecule has 0 spiro atoms. The second kappa shape index (κ2) is 7.17. The summed E-state index contributed by atoms with van der Waals surface area (Å²) in [6.07, 6.45) is 0.0673. The molecule has 0 saturated heterocycles. The lowest BCUT2D eigenvalue weighted by Gasteiger charge is -2.18. The smallest absolute Gasteiger partial charge is 0.414 e. The molecule has 0 bridgehead atoms. The van der Waals surface area contributed by atoms with Gasteiger partial charge >= 0.3 is 6.09 Å². The normalized spacial score (nSPS) is 13.2. The minimum atomic E-state index is -3.96. The topological polar surface area (TPSA) is 92.8 Å². The van der Waals surface area contributed by atoms with Crippen LogP contribution in [-0.4, -0.2) is 27.0 Å². The van der Waals surface area contributed by atoms with E-state index in [-0.39, 0.29) is 11.5 Å². The number of hydrogen-bond donors (Lipinski definition) is 1. The number of nitrogens with zero attached hydrogens (tertiary/aromatic N) is 1. The van der Waals surface area contributed by atoms with Gasteiger partial charge in [-0.2, -0.15) is 0 Å². The average molecular weight is 374 g/mol. The molecular weight excluding hydrogens is 356 g/mol. The highest BCUT2D eigenvalue weighted by Gasteiger charge is 2.28. The van der Waals surface area contributed by atoms with Gasteiger partial charge in [-0.05, 0) is 29.7 Å². The van der Waals surface area contributed by atoms with Crippen LogP contribution in [0.25, 0.3) is 0 Å². The fourth-order valence-corrected chi connectivity index (χ4v) is 3.77. The van der Waals surface area contributed by atoms with Crippen LogP contribution in [0.15, 0.2) is 53.4 Å². The highest BCUT2D eigenvalue weighted by Crippen LogP contribution is 2.31. The van der Waals surface area contributed by atoms with Gasteiger partial charge in [0.25, 0.3) is 10.0 Å². The van der Waals surface area contributed by atoms with Gasteiger partial charge in [0.15, 0.2) is 0 Å². The Morgan fingerprint density at radius 1 is 1.15 bits per heavy atom. The number of hydrogen-bond acceptors (Lipinski definition) is 5. The van der Waals surface area contributed by atoms with Gasteiger partial charge in [-0.25, -0.2) is 17.9 Å². The van der Waals surface area contributed by atoms with E-state index in [1.54, 1.807) is 6.07 Å². The molecule has 136 valence electrons. The van der Waals surface area contributed by atoms with Crippen molar-refractivity contribution in [2.45, 2.75) is 24.8 Å². The van der Waals surface area contributed by atoms with E-state index in [2.05, 4.69) is 0 Å². The Bertz CT molecular complexity index is 941. The maximum Gasteiger partial charge on any atom is 0.414 e. The molecule has 0 fully saturated rings. The van der Waals surface area contributed by atoms with Crippen molar-refractivity contribution in [1.82, 2.24) is 4.72 Å². The Hall–Kier alpha value is -2.87. The van der Waals surface area contributed by atoms with Gasteiger partial charge in [0, 0.05) is 13.5 Å². The SMILES string of the molecule is CC(=O)NS(=O)(=O)c1ccc2c(c1)N(C(=O)OCc1ccccc1)CC2. The third-order valence-electron chi connectivity index (χ3n) is 3.97. The Kier molecular flexibility index (Phi) is 4.94. The van der Waals surface area contributed by atoms with Crippen LogP contribution < -0.4 is 9.62 Å². The molecule has 8 heteroatoms. The molecule has 0 atom stereocenters. The van der Waals surface area contributed by atoms with Gasteiger partial charge in [-0.15, -0.1) is 0 Å². The monoisotopic (exact) mass is 374 g/mol. The van der Waals surface area contributed by atoms with Crippen LogP contribution in [0.1, 0.15) is 18.1 Å². The summed E-state index contributed by atoms with van der Waals surface area (Å²) in [4.78, 5) is 24.8. The third-order valence-corrected chi connectivity index (χ3v) is 5.40. The van der Waals surface area contributed by atoms with E-state index in [1.165, 1.54) is 17.0 Å². The Labute approximate surface area is 151 Å². The molecule has 0 unspecified atom stereocenters. The van der Waals surface area contributed by atoms with Crippen LogP contribution >= 0.6 is 0 Å². The number of anilines is 1. The van der Waals surface area contributed by atoms with Gasteiger partial charge in [0.2, 0.25) is 5.91 Å². The summed E-state index contributed by atoms with van der Waals surface area (Å²) in [7, 11) is -3.96. The maximum absolute atomic E-state index is 12.4. The molecule has 2 amide bonds. The molecule has 3 rings (SSSR count). The van der Waals surface area contributed by atoms with Gasteiger partial charge in [0.05, 0.1) is 10.6 Å². The molecule has 7 nitrogen and oxygen atoms in total. The molecule has 2 aromatic rings. The molecule has 0 radical (unpaired) electrons. The van der Waals surface area contributed by atoms with Crippen molar-refractivity contribution in [3.05, 3.63) is 59.7 Å². The van der Waals surface area contributed by atoms with Crippen LogP contribution in [0.4, 0.5) is 10.5 Å². The van der Waals surface area contributed by atoms with Crippen LogP contribution in [0.2, 0.25) is 0 Å². The lowest BCUT2D eigenvalue weighted by molar-refractivity contribution is -0.117. The number of ether oxygens (including phenoxy) is 1. The van der Waals surface area contributed by atoms with Crippen molar-refractivity contribution in [2.24, 2.45) is 0 Å². The zero-order chi connectivity index (χ0) is 18.7. The number of sulfonamides is 1. The largest absolute Gasteiger partial charge is 0.444 e. The second-order valence-electron chi connectivity index (χ2n) is 5.89. The van der Waals surface area contributed by atoms with E-state index >= 15 is 0 Å². The van der Waals surface area contributed by atoms with Crippen LogP contribution in [0.3, 0.4) is 0 Å². The highest BCUT2D eigenvalue weighted by molar-refractivity contribution is 7.90. The highest BCUT2D eigenvalue weighted by atomic mass is 32.2. The van der Waals surface area contributed by atoms with Crippen molar-refractivity contribution in [3.63, 3.8) is 0 Å². The minimum absolute atomic E-state index is 0.0748. The van der Waals surface area contributed by atoms with Crippen LogP contribution in [0.5, 0.6) is 0 Å². The molecule has 0 aliphatic carbocycles. The molecule has 1 aliphatic rings. The number of fused-ring (bicyclic) bond motifs is 1. The molecule has 26 heavy (non-hydrogen) atoms. The van der Waals surface area contributed by atoms with Crippen LogP contribution in [-0.2, 0) is 32.6 Å². The van der Waals surface area contributed by atoms with E-state index in [0.29, 0.717) is 18.7 Å². The van der Waals surface area contributed by atoms with Gasteiger partial charge in [-0.1, -0.05) is 36.4 Å². The number of carbonyl (C=O) groups excluding carboxylic acids is 2. The first-order chi connectivity index (χ1) is 12.4. The predicted octanol–water partition coefficient (Wildman–Crippen LogP) is 2.21. The Morgan fingerprint density at radius 2 is 1.88 bits per heavy atom. The summed E-state index contributed by atoms with van der Waals surface area (Å²) < 4.78 is 31.6. The second-order valence-corrected chi connectivity index (χ2v) is 7.58. The first-order valence-corrected chi connectivity index (χ1v) is 9.50. The number of nitrogens with one attached hydrogen (secondary N) is 1. The summed E-state index contributed by atoms with van der Waals surface area (Å²) in [6, 6.07) is 13.7. The quantitative estimate of drug-likeness (QED) is 0.886. The maximum atomic E-state index is 12.4. The predicted molar refractivity (Wildman–Crippen MR) is 95.1 cm³/mol. The zero-order valence-electron chi connectivity index (χ0n) is 14.1. The molecule has 1 N–H and O–H groups in total. The number of amides is 2. The molecular formula is C18H18N2O5S. The van der Waals surface area contributed by atoms with Gasteiger partial charge in [-0.3, -0.25) is 9.69 Å². The van der Waals surface area contributed by atoms with Crippen LogP contribution in [0, 0.1) is 0 Å². The standard InChI is InChI=1S/C18H18N2O5S/c1-13(21)19-26(23,24)16-8-7-15-9-10-20(17(15)11-16)18(22)25-12-14-5-3-2-4-6-14/h2-8,11H,9-10,12H2,1H3,(H,19,21). The summed E-state index contributed by atoms with van der Waals surface area (Å²) >= 11 is 0. The Balaban J connectivity index is 1.78. The fraction of sp³-hybridized carbons (Fsp3) is 0.222. The summed E-state index contributed by atoms with van der Waals surface area (Å²) in [6.45, 7) is 1.67. The lowest BCUT2D eigenvalue weighted by Crippen LogP contribution is -2.30. The third kappa shape index (κ3) is 3.85. The van der Waals surface area contributed by atoms with Crippen molar-refractivity contribution in [2.75, 3.05) is 11.4 Å². The van der Waals surface area contributed by atoms with E-state index in [0.717, 1.165) is 18.1 Å². The fourth-order valence-electron chi connectivity index (χ4n) is 2.76. The van der Waals surface area contributed by atoms with Gasteiger partial charge < -0.3 is 4.74 Å². The number of carbonyl (C=O) groups is 2. The van der Waals surface area contributed by atoms with Crippen molar-refractivity contribution in [3.8, 4) is 0 Å². The molecule has 1 heterocycles. The first-order valence-electron chi connectivity index (χ1n) is 8.01. The summed E-state index contributed by atoms with van der Waals surface area (Å²) in [5, 5.41) is 0. The van der Waals surface area contributed by atoms with E-state index in [9.17, 15) is 18.0 Å². The summed E-state index contributed by atoms with van der Waals surface area (Å²) in [5.41, 5.74) is 2.19. The molecule has 2 aromatic carbocycles. The number of benzene rings is 2. The first kappa shape index (κ1) is 17.9. The molecule has 1 aliphatic heterocycles. The lowest BCUT2D eigenvalue weighted by atomic mass is 10.2. The van der Waals surface area contributed by atoms with E-state index in [1.807, 2.05) is 35.1 Å². The van der Waals surface area contributed by atoms with Gasteiger partial charge in [0.1, 0.15) is 6.61 Å².